The van der Waals surface area contributed by atoms with Gasteiger partial charge < -0.3 is 10.1 Å². The molecule has 1 amide bonds. The molecule has 1 aliphatic heterocycles. The summed E-state index contributed by atoms with van der Waals surface area (Å²) in [5.74, 6) is 0.298. The minimum Gasteiger partial charge on any atom is -0.484 e. The molecule has 21 heavy (non-hydrogen) atoms. The van der Waals surface area contributed by atoms with Gasteiger partial charge in [-0.25, -0.2) is 8.42 Å². The largest absolute Gasteiger partial charge is 0.484 e. The van der Waals surface area contributed by atoms with Crippen LogP contribution < -0.4 is 10.1 Å². The summed E-state index contributed by atoms with van der Waals surface area (Å²) >= 11 is 0. The van der Waals surface area contributed by atoms with E-state index in [1.807, 2.05) is 6.07 Å². The molecule has 7 heteroatoms. The summed E-state index contributed by atoms with van der Waals surface area (Å²) in [6.07, 6.45) is 0.448. The number of hydrogen-bond donors (Lipinski definition) is 1. The van der Waals surface area contributed by atoms with Gasteiger partial charge in [-0.05, 0) is 37.1 Å². The smallest absolute Gasteiger partial charge is 0.258 e. The minimum absolute atomic E-state index is 0.00532. The first kappa shape index (κ1) is 15.3. The second kappa shape index (κ2) is 6.14. The van der Waals surface area contributed by atoms with Gasteiger partial charge in [0.2, 0.25) is 0 Å². The molecule has 1 saturated heterocycles. The average Bonchev–Trinajstić information content (AvgIpc) is 2.76. The van der Waals surface area contributed by atoms with Crippen LogP contribution in [0.25, 0.3) is 0 Å². The van der Waals surface area contributed by atoms with E-state index in [4.69, 9.17) is 10.00 Å². The van der Waals surface area contributed by atoms with E-state index in [9.17, 15) is 13.2 Å². The highest BCUT2D eigenvalue weighted by Crippen LogP contribution is 2.18. The lowest BCUT2D eigenvalue weighted by Crippen LogP contribution is -2.38. The van der Waals surface area contributed by atoms with E-state index in [-0.39, 0.29) is 30.1 Å². The van der Waals surface area contributed by atoms with Crippen LogP contribution in [-0.2, 0) is 14.6 Å². The molecule has 1 N–H and O–H groups in total. The number of carbonyl (C=O) groups is 1. The Morgan fingerprint density at radius 3 is 2.86 bits per heavy atom. The number of sulfone groups is 1. The summed E-state index contributed by atoms with van der Waals surface area (Å²) in [6, 6.07) is 6.63. The first-order valence-corrected chi connectivity index (χ1v) is 8.35. The summed E-state index contributed by atoms with van der Waals surface area (Å²) in [5, 5.41) is 11.4. The molecule has 0 aromatic heterocycles. The maximum atomic E-state index is 11.7. The van der Waals surface area contributed by atoms with Gasteiger partial charge in [-0.15, -0.1) is 0 Å². The number of hydrogen-bond acceptors (Lipinski definition) is 5. The summed E-state index contributed by atoms with van der Waals surface area (Å²) in [5.41, 5.74) is 1.30. The molecule has 0 spiro atoms. The fourth-order valence-corrected chi connectivity index (χ4v) is 3.88. The van der Waals surface area contributed by atoms with Gasteiger partial charge in [-0.3, -0.25) is 4.79 Å². The number of nitriles is 1. The summed E-state index contributed by atoms with van der Waals surface area (Å²) in [4.78, 5) is 11.7. The number of nitrogens with zero attached hydrogens (tertiary/aromatic N) is 1. The maximum absolute atomic E-state index is 11.7. The topological polar surface area (TPSA) is 96.3 Å². The molecule has 1 aromatic carbocycles. The molecule has 2 rings (SSSR count). The van der Waals surface area contributed by atoms with Gasteiger partial charge in [0.15, 0.2) is 16.4 Å². The number of rotatable bonds is 4. The Balaban J connectivity index is 1.86. The lowest BCUT2D eigenvalue weighted by atomic mass is 10.1. The van der Waals surface area contributed by atoms with Crippen LogP contribution in [0.5, 0.6) is 5.75 Å². The van der Waals surface area contributed by atoms with E-state index in [1.54, 1.807) is 25.1 Å². The van der Waals surface area contributed by atoms with E-state index in [1.165, 1.54) is 0 Å². The first-order valence-electron chi connectivity index (χ1n) is 6.53. The van der Waals surface area contributed by atoms with E-state index in [2.05, 4.69) is 5.32 Å². The van der Waals surface area contributed by atoms with Crippen molar-refractivity contribution in [3.8, 4) is 11.8 Å². The highest BCUT2D eigenvalue weighted by Gasteiger charge is 2.28. The van der Waals surface area contributed by atoms with Crippen molar-refractivity contribution in [2.45, 2.75) is 19.4 Å². The monoisotopic (exact) mass is 308 g/mol. The Kier molecular flexibility index (Phi) is 4.48. The molecular weight excluding hydrogens is 292 g/mol. The zero-order valence-electron chi connectivity index (χ0n) is 11.6. The molecule has 0 saturated carbocycles. The van der Waals surface area contributed by atoms with Crippen molar-refractivity contribution in [3.63, 3.8) is 0 Å². The van der Waals surface area contributed by atoms with Gasteiger partial charge in [0, 0.05) is 6.04 Å². The third kappa shape index (κ3) is 4.20. The van der Waals surface area contributed by atoms with Crippen molar-refractivity contribution in [3.05, 3.63) is 29.3 Å². The summed E-state index contributed by atoms with van der Waals surface area (Å²) in [6.45, 7) is 1.61. The van der Waals surface area contributed by atoms with Gasteiger partial charge in [-0.1, -0.05) is 0 Å². The Morgan fingerprint density at radius 2 is 2.29 bits per heavy atom. The summed E-state index contributed by atoms with van der Waals surface area (Å²) in [7, 11) is -3.01. The van der Waals surface area contributed by atoms with Gasteiger partial charge >= 0.3 is 0 Å². The quantitative estimate of drug-likeness (QED) is 0.876. The first-order chi connectivity index (χ1) is 9.89. The molecule has 0 radical (unpaired) electrons. The third-order valence-corrected chi connectivity index (χ3v) is 5.03. The van der Waals surface area contributed by atoms with E-state index < -0.39 is 9.84 Å². The molecule has 1 fully saturated rings. The molecule has 0 bridgehead atoms. The Hall–Kier alpha value is -2.07. The Bertz CT molecular complexity index is 691. The second-order valence-electron chi connectivity index (χ2n) is 5.05. The number of benzene rings is 1. The van der Waals surface area contributed by atoms with E-state index in [0.29, 0.717) is 17.7 Å². The molecule has 1 aliphatic rings. The zero-order valence-corrected chi connectivity index (χ0v) is 12.4. The SMILES string of the molecule is Cc1cc(C#N)ccc1OCC(=O)N[C@H]1CCS(=O)(=O)C1. The van der Waals surface area contributed by atoms with Gasteiger partial charge in [0.25, 0.3) is 5.91 Å². The molecule has 1 aromatic rings. The lowest BCUT2D eigenvalue weighted by Gasteiger charge is -2.12. The normalized spacial score (nSPS) is 19.7. The van der Waals surface area contributed by atoms with Crippen molar-refractivity contribution in [2.24, 2.45) is 0 Å². The standard InChI is InChI=1S/C14H16N2O4S/c1-10-6-11(7-15)2-3-13(10)20-8-14(17)16-12-4-5-21(18,19)9-12/h2-3,6,12H,4-5,8-9H2,1H3,(H,16,17)/t12-/m0/s1. The maximum Gasteiger partial charge on any atom is 0.258 e. The number of aryl methyl sites for hydroxylation is 1. The predicted molar refractivity (Wildman–Crippen MR) is 76.6 cm³/mol. The van der Waals surface area contributed by atoms with E-state index >= 15 is 0 Å². The molecule has 0 aliphatic carbocycles. The third-order valence-electron chi connectivity index (χ3n) is 3.26. The molecule has 1 atom stereocenters. The number of amides is 1. The van der Waals surface area contributed by atoms with Crippen molar-refractivity contribution in [2.75, 3.05) is 18.1 Å². The van der Waals surface area contributed by atoms with Gasteiger partial charge in [-0.2, -0.15) is 5.26 Å². The second-order valence-corrected chi connectivity index (χ2v) is 7.28. The predicted octanol–water partition coefficient (Wildman–Crippen LogP) is 0.549. The van der Waals surface area contributed by atoms with Crippen molar-refractivity contribution in [1.29, 1.82) is 5.26 Å². The molecule has 112 valence electrons. The van der Waals surface area contributed by atoms with Crippen LogP contribution in [0.4, 0.5) is 0 Å². The van der Waals surface area contributed by atoms with Crippen LogP contribution in [0.1, 0.15) is 17.5 Å². The van der Waals surface area contributed by atoms with Crippen LogP contribution in [0.15, 0.2) is 18.2 Å². The van der Waals surface area contributed by atoms with Crippen molar-refractivity contribution in [1.82, 2.24) is 5.32 Å². The van der Waals surface area contributed by atoms with Gasteiger partial charge in [0.05, 0.1) is 23.1 Å². The van der Waals surface area contributed by atoms with Crippen molar-refractivity contribution >= 4 is 15.7 Å². The highest BCUT2D eigenvalue weighted by atomic mass is 32.2. The molecular formula is C14H16N2O4S. The minimum atomic E-state index is -3.01. The van der Waals surface area contributed by atoms with Gasteiger partial charge in [0.1, 0.15) is 5.75 Å². The fourth-order valence-electron chi connectivity index (χ4n) is 2.20. The van der Waals surface area contributed by atoms with Crippen LogP contribution in [0.3, 0.4) is 0 Å². The Morgan fingerprint density at radius 1 is 1.52 bits per heavy atom. The summed E-state index contributed by atoms with van der Waals surface area (Å²) < 4.78 is 28.0. The number of ether oxygens (including phenoxy) is 1. The van der Waals surface area contributed by atoms with Crippen LogP contribution >= 0.6 is 0 Å². The van der Waals surface area contributed by atoms with Crippen LogP contribution in [0, 0.1) is 18.3 Å². The average molecular weight is 308 g/mol. The number of carbonyl (C=O) groups excluding carboxylic acids is 1. The van der Waals surface area contributed by atoms with Crippen LogP contribution in [-0.4, -0.2) is 38.5 Å². The Labute approximate surface area is 123 Å². The molecule has 1 heterocycles. The number of nitrogens with one attached hydrogen (secondary N) is 1. The highest BCUT2D eigenvalue weighted by molar-refractivity contribution is 7.91. The molecule has 6 nitrogen and oxygen atoms in total. The fraction of sp³-hybridized carbons (Fsp3) is 0.429. The van der Waals surface area contributed by atoms with Crippen molar-refractivity contribution < 1.29 is 17.9 Å². The van der Waals surface area contributed by atoms with Crippen LogP contribution in [0.2, 0.25) is 0 Å². The zero-order chi connectivity index (χ0) is 15.5. The lowest BCUT2D eigenvalue weighted by molar-refractivity contribution is -0.123. The van der Waals surface area contributed by atoms with E-state index in [0.717, 1.165) is 5.56 Å². The molecule has 0 unspecified atom stereocenters.